The first kappa shape index (κ1) is 17.8. The Morgan fingerprint density at radius 3 is 2.75 bits per heavy atom. The maximum atomic E-state index is 11.7. The monoisotopic (exact) mass is 345 g/mol. The third-order valence-corrected chi connectivity index (χ3v) is 4.24. The third kappa shape index (κ3) is 4.49. The van der Waals surface area contributed by atoms with Crippen molar-refractivity contribution in [2.45, 2.75) is 25.0 Å². The SMILES string of the molecule is CCn1c(SCC(=O)NCCC#N)nnc1-c1ccc(OC)cc1. The van der Waals surface area contributed by atoms with E-state index >= 15 is 0 Å². The van der Waals surface area contributed by atoms with E-state index in [1.165, 1.54) is 11.8 Å². The molecule has 0 aliphatic rings. The number of nitrogens with zero attached hydrogens (tertiary/aromatic N) is 4. The van der Waals surface area contributed by atoms with Crippen LogP contribution in [0.5, 0.6) is 5.75 Å². The highest BCUT2D eigenvalue weighted by molar-refractivity contribution is 7.99. The molecule has 0 saturated heterocycles. The van der Waals surface area contributed by atoms with E-state index in [2.05, 4.69) is 15.5 Å². The van der Waals surface area contributed by atoms with Crippen LogP contribution in [0.1, 0.15) is 13.3 Å². The smallest absolute Gasteiger partial charge is 0.230 e. The van der Waals surface area contributed by atoms with Gasteiger partial charge < -0.3 is 14.6 Å². The molecule has 7 nitrogen and oxygen atoms in total. The molecule has 24 heavy (non-hydrogen) atoms. The third-order valence-electron chi connectivity index (χ3n) is 3.27. The maximum absolute atomic E-state index is 11.7. The van der Waals surface area contributed by atoms with E-state index in [9.17, 15) is 4.79 Å². The van der Waals surface area contributed by atoms with Crippen LogP contribution >= 0.6 is 11.8 Å². The zero-order chi connectivity index (χ0) is 17.4. The number of nitriles is 1. The van der Waals surface area contributed by atoms with Crippen LogP contribution in [0, 0.1) is 11.3 Å². The van der Waals surface area contributed by atoms with E-state index in [0.717, 1.165) is 17.1 Å². The Balaban J connectivity index is 2.06. The Morgan fingerprint density at radius 2 is 2.12 bits per heavy atom. The first-order chi connectivity index (χ1) is 11.7. The number of rotatable bonds is 8. The van der Waals surface area contributed by atoms with E-state index < -0.39 is 0 Å². The highest BCUT2D eigenvalue weighted by Gasteiger charge is 2.14. The van der Waals surface area contributed by atoms with E-state index in [1.807, 2.05) is 41.8 Å². The zero-order valence-electron chi connectivity index (χ0n) is 13.7. The largest absolute Gasteiger partial charge is 0.497 e. The van der Waals surface area contributed by atoms with Gasteiger partial charge in [-0.15, -0.1) is 10.2 Å². The summed E-state index contributed by atoms with van der Waals surface area (Å²) < 4.78 is 7.13. The molecule has 0 unspecified atom stereocenters. The van der Waals surface area contributed by atoms with Gasteiger partial charge in [-0.3, -0.25) is 4.79 Å². The highest BCUT2D eigenvalue weighted by Crippen LogP contribution is 2.25. The fourth-order valence-corrected chi connectivity index (χ4v) is 2.91. The second-order valence-corrected chi connectivity index (χ2v) is 5.77. The van der Waals surface area contributed by atoms with Gasteiger partial charge in [0.25, 0.3) is 0 Å². The van der Waals surface area contributed by atoms with Crippen molar-refractivity contribution in [2.24, 2.45) is 0 Å². The number of benzene rings is 1. The quantitative estimate of drug-likeness (QED) is 0.582. The molecule has 1 heterocycles. The molecule has 1 aromatic heterocycles. The second kappa shape index (κ2) is 8.93. The summed E-state index contributed by atoms with van der Waals surface area (Å²) in [6, 6.07) is 9.59. The van der Waals surface area contributed by atoms with E-state index in [-0.39, 0.29) is 11.7 Å². The van der Waals surface area contributed by atoms with Crippen LogP contribution in [-0.4, -0.2) is 40.1 Å². The second-order valence-electron chi connectivity index (χ2n) is 4.83. The van der Waals surface area contributed by atoms with E-state index in [1.54, 1.807) is 7.11 Å². The van der Waals surface area contributed by atoms with Crippen molar-refractivity contribution in [1.29, 1.82) is 5.26 Å². The van der Waals surface area contributed by atoms with Gasteiger partial charge in [-0.05, 0) is 31.2 Å². The minimum atomic E-state index is -0.119. The molecule has 1 N–H and O–H groups in total. The van der Waals surface area contributed by atoms with Crippen molar-refractivity contribution >= 4 is 17.7 Å². The molecule has 1 aromatic carbocycles. The molecule has 2 aromatic rings. The average molecular weight is 345 g/mol. The molecule has 0 saturated carbocycles. The standard InChI is InChI=1S/C16H19N5O2S/c1-3-21-15(12-5-7-13(23-2)8-6-12)19-20-16(21)24-11-14(22)18-10-4-9-17/h5-8H,3-4,10-11H2,1-2H3,(H,18,22). The molecule has 8 heteroatoms. The summed E-state index contributed by atoms with van der Waals surface area (Å²) >= 11 is 1.33. The van der Waals surface area contributed by atoms with Gasteiger partial charge in [0.1, 0.15) is 5.75 Å². The zero-order valence-corrected chi connectivity index (χ0v) is 14.5. The molecule has 0 bridgehead atoms. The lowest BCUT2D eigenvalue weighted by molar-refractivity contribution is -0.118. The highest BCUT2D eigenvalue weighted by atomic mass is 32.2. The number of thioether (sulfide) groups is 1. The number of hydrogen-bond donors (Lipinski definition) is 1. The molecule has 0 spiro atoms. The number of carbonyl (C=O) groups is 1. The molecule has 2 rings (SSSR count). The molecular weight excluding hydrogens is 326 g/mol. The van der Waals surface area contributed by atoms with Crippen LogP contribution in [0.25, 0.3) is 11.4 Å². The summed E-state index contributed by atoms with van der Waals surface area (Å²) in [5, 5.41) is 20.3. The van der Waals surface area contributed by atoms with Crippen LogP contribution in [0.15, 0.2) is 29.4 Å². The van der Waals surface area contributed by atoms with Crippen LogP contribution < -0.4 is 10.1 Å². The lowest BCUT2D eigenvalue weighted by atomic mass is 10.2. The van der Waals surface area contributed by atoms with Crippen molar-refractivity contribution in [3.63, 3.8) is 0 Å². The van der Waals surface area contributed by atoms with Gasteiger partial charge in [0.15, 0.2) is 11.0 Å². The summed E-state index contributed by atoms with van der Waals surface area (Å²) in [6.45, 7) is 3.08. The maximum Gasteiger partial charge on any atom is 0.230 e. The Labute approximate surface area is 145 Å². The summed E-state index contributed by atoms with van der Waals surface area (Å²) in [5.41, 5.74) is 0.940. The van der Waals surface area contributed by atoms with Crippen molar-refractivity contribution < 1.29 is 9.53 Å². The van der Waals surface area contributed by atoms with Crippen molar-refractivity contribution in [3.8, 4) is 23.2 Å². The Kier molecular flexibility index (Phi) is 6.63. The van der Waals surface area contributed by atoms with Crippen LogP contribution in [0.4, 0.5) is 0 Å². The van der Waals surface area contributed by atoms with Crippen molar-refractivity contribution in [3.05, 3.63) is 24.3 Å². The lowest BCUT2D eigenvalue weighted by Crippen LogP contribution is -2.26. The molecule has 0 atom stereocenters. The molecule has 0 aliphatic heterocycles. The molecule has 1 amide bonds. The number of nitrogens with one attached hydrogen (secondary N) is 1. The van der Waals surface area contributed by atoms with Crippen LogP contribution in [0.3, 0.4) is 0 Å². The van der Waals surface area contributed by atoms with Gasteiger partial charge in [0, 0.05) is 18.7 Å². The van der Waals surface area contributed by atoms with Gasteiger partial charge in [0.2, 0.25) is 5.91 Å². The normalized spacial score (nSPS) is 10.2. The van der Waals surface area contributed by atoms with Crippen molar-refractivity contribution in [1.82, 2.24) is 20.1 Å². The minimum Gasteiger partial charge on any atom is -0.497 e. The number of methoxy groups -OCH3 is 1. The number of hydrogen-bond acceptors (Lipinski definition) is 6. The number of aromatic nitrogens is 3. The number of carbonyl (C=O) groups excluding carboxylic acids is 1. The summed E-state index contributed by atoms with van der Waals surface area (Å²) in [4.78, 5) is 11.7. The predicted octanol–water partition coefficient (Wildman–Crippen LogP) is 2.10. The van der Waals surface area contributed by atoms with Gasteiger partial charge in [-0.1, -0.05) is 11.8 Å². The summed E-state index contributed by atoms with van der Waals surface area (Å²) in [7, 11) is 1.62. The van der Waals surface area contributed by atoms with E-state index in [0.29, 0.717) is 24.7 Å². The van der Waals surface area contributed by atoms with Gasteiger partial charge in [-0.25, -0.2) is 0 Å². The fraction of sp³-hybridized carbons (Fsp3) is 0.375. The van der Waals surface area contributed by atoms with E-state index in [4.69, 9.17) is 10.00 Å². The Morgan fingerprint density at radius 1 is 1.38 bits per heavy atom. The molecule has 0 aliphatic carbocycles. The Hall–Kier alpha value is -2.53. The molecular formula is C16H19N5O2S. The number of amides is 1. The first-order valence-corrected chi connectivity index (χ1v) is 8.52. The molecule has 0 radical (unpaired) electrons. The van der Waals surface area contributed by atoms with Crippen molar-refractivity contribution in [2.75, 3.05) is 19.4 Å². The van der Waals surface area contributed by atoms with Gasteiger partial charge in [0.05, 0.1) is 25.4 Å². The minimum absolute atomic E-state index is 0.119. The van der Waals surface area contributed by atoms with Crippen LogP contribution in [-0.2, 0) is 11.3 Å². The summed E-state index contributed by atoms with van der Waals surface area (Å²) in [6.07, 6.45) is 0.309. The summed E-state index contributed by atoms with van der Waals surface area (Å²) in [5.74, 6) is 1.66. The number of ether oxygens (including phenoxy) is 1. The average Bonchev–Trinajstić information content (AvgIpc) is 3.03. The predicted molar refractivity (Wildman–Crippen MR) is 91.6 cm³/mol. The lowest BCUT2D eigenvalue weighted by Gasteiger charge is -2.08. The van der Waals surface area contributed by atoms with Gasteiger partial charge >= 0.3 is 0 Å². The van der Waals surface area contributed by atoms with Crippen LogP contribution in [0.2, 0.25) is 0 Å². The van der Waals surface area contributed by atoms with Gasteiger partial charge in [-0.2, -0.15) is 5.26 Å². The topological polar surface area (TPSA) is 92.8 Å². The Bertz CT molecular complexity index is 721. The first-order valence-electron chi connectivity index (χ1n) is 7.53. The fourth-order valence-electron chi connectivity index (χ4n) is 2.07. The molecule has 126 valence electrons. The molecule has 0 fully saturated rings.